The van der Waals surface area contributed by atoms with Gasteiger partial charge in [-0.05, 0) is 39.0 Å². The highest BCUT2D eigenvalue weighted by molar-refractivity contribution is 6.14. The number of anilines is 1. The lowest BCUT2D eigenvalue weighted by molar-refractivity contribution is 0.103. The topological polar surface area (TPSA) is 93.3 Å². The predicted molar refractivity (Wildman–Crippen MR) is 107 cm³/mol. The monoisotopic (exact) mass is 359 g/mol. The Hall–Kier alpha value is -3.54. The molecular formula is C21H21N5O. The van der Waals surface area contributed by atoms with E-state index < -0.39 is 0 Å². The van der Waals surface area contributed by atoms with E-state index in [0.717, 1.165) is 17.0 Å². The number of carbonyl (C=O) groups excluding carboxylic acids is 1. The standard InChI is InChI=1S/C21H21N5O/c1-13-9-10-18(17(11-13)19(27)16-7-5-4-6-8-16)25-20(22)26-21-23-14(2)12-15(3)24-21/h4-12H,1-3H3,(H3,22,23,24,25,26). The number of benzene rings is 2. The molecular weight excluding hydrogens is 338 g/mol. The molecule has 0 radical (unpaired) electrons. The second-order valence-corrected chi connectivity index (χ2v) is 6.32. The van der Waals surface area contributed by atoms with Crippen molar-refractivity contribution in [1.29, 1.82) is 0 Å². The molecule has 0 atom stereocenters. The maximum atomic E-state index is 12.9. The van der Waals surface area contributed by atoms with E-state index in [1.54, 1.807) is 12.1 Å². The zero-order valence-electron chi connectivity index (χ0n) is 15.5. The second kappa shape index (κ2) is 7.78. The van der Waals surface area contributed by atoms with Crippen molar-refractivity contribution in [3.63, 3.8) is 0 Å². The van der Waals surface area contributed by atoms with Gasteiger partial charge in [0.2, 0.25) is 5.96 Å². The summed E-state index contributed by atoms with van der Waals surface area (Å²) < 4.78 is 0. The van der Waals surface area contributed by atoms with Crippen LogP contribution >= 0.6 is 0 Å². The highest BCUT2D eigenvalue weighted by Gasteiger charge is 2.14. The van der Waals surface area contributed by atoms with Gasteiger partial charge in [-0.1, -0.05) is 42.0 Å². The quantitative estimate of drug-likeness (QED) is 0.421. The van der Waals surface area contributed by atoms with Gasteiger partial charge < -0.3 is 11.1 Å². The van der Waals surface area contributed by atoms with Crippen LogP contribution in [0.1, 0.15) is 32.9 Å². The van der Waals surface area contributed by atoms with Crippen LogP contribution in [0.3, 0.4) is 0 Å². The molecule has 136 valence electrons. The highest BCUT2D eigenvalue weighted by atomic mass is 16.1. The molecule has 27 heavy (non-hydrogen) atoms. The Bertz CT molecular complexity index is 992. The minimum Gasteiger partial charge on any atom is -0.369 e. The Balaban J connectivity index is 1.93. The zero-order valence-corrected chi connectivity index (χ0v) is 15.5. The van der Waals surface area contributed by atoms with Gasteiger partial charge in [0.1, 0.15) is 0 Å². The number of guanidine groups is 1. The van der Waals surface area contributed by atoms with Crippen LogP contribution in [0.4, 0.5) is 11.6 Å². The number of aromatic nitrogens is 2. The average Bonchev–Trinajstić information content (AvgIpc) is 2.62. The van der Waals surface area contributed by atoms with Crippen molar-refractivity contribution in [2.24, 2.45) is 10.7 Å². The third kappa shape index (κ3) is 4.55. The van der Waals surface area contributed by atoms with Crippen LogP contribution in [0.5, 0.6) is 0 Å². The normalized spacial score (nSPS) is 11.3. The van der Waals surface area contributed by atoms with E-state index >= 15 is 0 Å². The molecule has 0 saturated heterocycles. The van der Waals surface area contributed by atoms with Crippen LogP contribution < -0.4 is 11.1 Å². The first-order valence-corrected chi connectivity index (χ1v) is 8.56. The van der Waals surface area contributed by atoms with E-state index in [1.807, 2.05) is 63.2 Å². The molecule has 6 heteroatoms. The molecule has 0 fully saturated rings. The van der Waals surface area contributed by atoms with Crippen molar-refractivity contribution < 1.29 is 4.79 Å². The fourth-order valence-electron chi connectivity index (χ4n) is 2.73. The molecule has 0 unspecified atom stereocenters. The van der Waals surface area contributed by atoms with Crippen molar-refractivity contribution in [2.45, 2.75) is 20.8 Å². The Morgan fingerprint density at radius 1 is 0.963 bits per heavy atom. The van der Waals surface area contributed by atoms with Crippen LogP contribution in [0.25, 0.3) is 0 Å². The number of nitrogens with two attached hydrogens (primary N) is 1. The lowest BCUT2D eigenvalue weighted by Gasteiger charge is -2.12. The Kier molecular flexibility index (Phi) is 5.26. The van der Waals surface area contributed by atoms with Gasteiger partial charge in [-0.15, -0.1) is 0 Å². The summed E-state index contributed by atoms with van der Waals surface area (Å²) in [4.78, 5) is 25.6. The molecule has 0 spiro atoms. The van der Waals surface area contributed by atoms with Crippen molar-refractivity contribution >= 4 is 23.4 Å². The van der Waals surface area contributed by atoms with Crippen LogP contribution in [-0.2, 0) is 0 Å². The fraction of sp³-hybridized carbons (Fsp3) is 0.143. The molecule has 1 aromatic heterocycles. The minimum absolute atomic E-state index is 0.0859. The summed E-state index contributed by atoms with van der Waals surface area (Å²) in [5, 5.41) is 3.00. The molecule has 0 aliphatic carbocycles. The highest BCUT2D eigenvalue weighted by Crippen LogP contribution is 2.21. The van der Waals surface area contributed by atoms with E-state index in [0.29, 0.717) is 16.8 Å². The van der Waals surface area contributed by atoms with E-state index in [9.17, 15) is 4.79 Å². The number of hydrogen-bond acceptors (Lipinski definition) is 4. The average molecular weight is 359 g/mol. The number of nitrogens with one attached hydrogen (secondary N) is 1. The molecule has 1 heterocycles. The first-order chi connectivity index (χ1) is 12.9. The van der Waals surface area contributed by atoms with Crippen LogP contribution in [0.2, 0.25) is 0 Å². The molecule has 3 aromatic rings. The number of rotatable bonds is 4. The second-order valence-electron chi connectivity index (χ2n) is 6.32. The summed E-state index contributed by atoms with van der Waals surface area (Å²) in [5.41, 5.74) is 10.4. The Labute approximate surface area is 158 Å². The molecule has 0 bridgehead atoms. The number of aliphatic imine (C=N–C) groups is 1. The Morgan fingerprint density at radius 2 is 1.63 bits per heavy atom. The van der Waals surface area contributed by atoms with Gasteiger partial charge in [0.05, 0.1) is 5.69 Å². The third-order valence-corrected chi connectivity index (χ3v) is 3.91. The number of hydrogen-bond donors (Lipinski definition) is 2. The van der Waals surface area contributed by atoms with Gasteiger partial charge in [0, 0.05) is 22.5 Å². The summed E-state index contributed by atoms with van der Waals surface area (Å²) in [7, 11) is 0. The van der Waals surface area contributed by atoms with Gasteiger partial charge in [0.15, 0.2) is 5.78 Å². The van der Waals surface area contributed by atoms with Gasteiger partial charge >= 0.3 is 0 Å². The summed E-state index contributed by atoms with van der Waals surface area (Å²) >= 11 is 0. The molecule has 3 rings (SSSR count). The van der Waals surface area contributed by atoms with Gasteiger partial charge in [-0.2, -0.15) is 4.99 Å². The summed E-state index contributed by atoms with van der Waals surface area (Å²) in [6, 6.07) is 16.5. The maximum absolute atomic E-state index is 12.9. The van der Waals surface area contributed by atoms with E-state index in [4.69, 9.17) is 5.73 Å². The number of nitrogens with zero attached hydrogens (tertiary/aromatic N) is 3. The summed E-state index contributed by atoms with van der Waals surface area (Å²) in [5.74, 6) is 0.309. The first kappa shape index (κ1) is 18.3. The molecule has 0 aliphatic rings. The lowest BCUT2D eigenvalue weighted by Crippen LogP contribution is -2.23. The fourth-order valence-corrected chi connectivity index (χ4v) is 2.73. The predicted octanol–water partition coefficient (Wildman–Crippen LogP) is 3.69. The lowest BCUT2D eigenvalue weighted by atomic mass is 10.00. The van der Waals surface area contributed by atoms with E-state index in [2.05, 4.69) is 20.3 Å². The SMILES string of the molecule is Cc1ccc(NC(N)=Nc2nc(C)cc(C)n2)c(C(=O)c2ccccc2)c1. The number of carbonyl (C=O) groups is 1. The summed E-state index contributed by atoms with van der Waals surface area (Å²) in [6.07, 6.45) is 0. The third-order valence-electron chi connectivity index (χ3n) is 3.91. The van der Waals surface area contributed by atoms with Gasteiger partial charge in [-0.25, -0.2) is 9.97 Å². The Morgan fingerprint density at radius 3 is 2.30 bits per heavy atom. The van der Waals surface area contributed by atoms with Crippen LogP contribution in [-0.4, -0.2) is 21.7 Å². The van der Waals surface area contributed by atoms with Crippen molar-refractivity contribution in [3.05, 3.63) is 82.7 Å². The largest absolute Gasteiger partial charge is 0.369 e. The van der Waals surface area contributed by atoms with Crippen molar-refractivity contribution in [2.75, 3.05) is 5.32 Å². The van der Waals surface area contributed by atoms with Crippen molar-refractivity contribution in [1.82, 2.24) is 9.97 Å². The van der Waals surface area contributed by atoms with E-state index in [1.165, 1.54) is 0 Å². The number of aryl methyl sites for hydroxylation is 3. The maximum Gasteiger partial charge on any atom is 0.253 e. The summed E-state index contributed by atoms with van der Waals surface area (Å²) in [6.45, 7) is 5.67. The van der Waals surface area contributed by atoms with E-state index in [-0.39, 0.29) is 17.7 Å². The molecule has 0 amide bonds. The molecule has 2 aromatic carbocycles. The van der Waals surface area contributed by atoms with Crippen molar-refractivity contribution in [3.8, 4) is 0 Å². The molecule has 6 nitrogen and oxygen atoms in total. The molecule has 3 N–H and O–H groups in total. The first-order valence-electron chi connectivity index (χ1n) is 8.56. The van der Waals surface area contributed by atoms with Crippen LogP contribution in [0, 0.1) is 20.8 Å². The zero-order chi connectivity index (χ0) is 19.4. The van der Waals surface area contributed by atoms with Gasteiger partial charge in [-0.3, -0.25) is 4.79 Å². The minimum atomic E-state index is -0.0859. The van der Waals surface area contributed by atoms with Crippen LogP contribution in [0.15, 0.2) is 59.6 Å². The molecule has 0 aliphatic heterocycles. The van der Waals surface area contributed by atoms with Gasteiger partial charge in [0.25, 0.3) is 5.95 Å². The molecule has 0 saturated carbocycles. The number of ketones is 1. The smallest absolute Gasteiger partial charge is 0.253 e.